The SMILES string of the molecule is COc1cc(C=Nc2cc(-c3nc4cc(C)ccc4o3)ccc2C)ccc1Oc1ccc([N+](=O)[O-])cc1[N+](=O)[O-]. The van der Waals surface area contributed by atoms with Crippen molar-refractivity contribution in [3.05, 3.63) is 110 Å². The van der Waals surface area contributed by atoms with E-state index >= 15 is 0 Å². The van der Waals surface area contributed by atoms with E-state index < -0.39 is 21.2 Å². The van der Waals surface area contributed by atoms with Gasteiger partial charge in [0.25, 0.3) is 5.69 Å². The molecule has 0 bridgehead atoms. The normalized spacial score (nSPS) is 11.2. The molecule has 4 aromatic carbocycles. The zero-order valence-corrected chi connectivity index (χ0v) is 21.7. The van der Waals surface area contributed by atoms with Crippen LogP contribution in [0.25, 0.3) is 22.6 Å². The Balaban J connectivity index is 1.41. The van der Waals surface area contributed by atoms with Crippen molar-refractivity contribution >= 4 is 34.4 Å². The molecule has 11 nitrogen and oxygen atoms in total. The number of aromatic nitrogens is 1. The van der Waals surface area contributed by atoms with Crippen LogP contribution in [0.1, 0.15) is 16.7 Å². The van der Waals surface area contributed by atoms with E-state index in [1.165, 1.54) is 13.2 Å². The second-order valence-electron chi connectivity index (χ2n) is 8.93. The Bertz CT molecular complexity index is 1810. The fraction of sp³-hybridized carbons (Fsp3) is 0.103. The first kappa shape index (κ1) is 26.0. The smallest absolute Gasteiger partial charge is 0.318 e. The minimum Gasteiger partial charge on any atom is -0.493 e. The van der Waals surface area contributed by atoms with E-state index in [2.05, 4.69) is 9.98 Å². The quantitative estimate of drug-likeness (QED) is 0.112. The van der Waals surface area contributed by atoms with Gasteiger partial charge in [-0.2, -0.15) is 0 Å². The van der Waals surface area contributed by atoms with Crippen LogP contribution in [0.2, 0.25) is 0 Å². The number of rotatable bonds is 8. The third-order valence-corrected chi connectivity index (χ3v) is 6.11. The predicted molar refractivity (Wildman–Crippen MR) is 149 cm³/mol. The lowest BCUT2D eigenvalue weighted by Gasteiger charge is -2.11. The zero-order valence-electron chi connectivity index (χ0n) is 21.7. The molecule has 0 fully saturated rings. The number of oxazole rings is 1. The molecule has 0 aliphatic carbocycles. The van der Waals surface area contributed by atoms with Gasteiger partial charge in [0.2, 0.25) is 11.6 Å². The number of methoxy groups -OCH3 is 1. The second-order valence-corrected chi connectivity index (χ2v) is 8.93. The molecule has 0 saturated heterocycles. The second kappa shape index (κ2) is 10.7. The van der Waals surface area contributed by atoms with E-state index in [1.807, 2.05) is 50.2 Å². The highest BCUT2D eigenvalue weighted by atomic mass is 16.6. The number of non-ortho nitro benzene ring substituents is 1. The summed E-state index contributed by atoms with van der Waals surface area (Å²) in [5.41, 5.74) is 4.78. The Morgan fingerprint density at radius 1 is 0.875 bits per heavy atom. The van der Waals surface area contributed by atoms with Crippen molar-refractivity contribution in [3.63, 3.8) is 0 Å². The summed E-state index contributed by atoms with van der Waals surface area (Å²) >= 11 is 0. The van der Waals surface area contributed by atoms with E-state index in [1.54, 1.807) is 24.4 Å². The van der Waals surface area contributed by atoms with Crippen molar-refractivity contribution in [1.82, 2.24) is 4.98 Å². The van der Waals surface area contributed by atoms with Crippen molar-refractivity contribution in [2.75, 3.05) is 7.11 Å². The Hall–Kier alpha value is -5.58. The third kappa shape index (κ3) is 5.34. The fourth-order valence-corrected chi connectivity index (χ4v) is 4.00. The van der Waals surface area contributed by atoms with Gasteiger partial charge in [-0.05, 0) is 79.1 Å². The summed E-state index contributed by atoms with van der Waals surface area (Å²) in [5, 5.41) is 22.5. The molecule has 200 valence electrons. The molecule has 0 aliphatic heterocycles. The average molecular weight is 539 g/mol. The first-order valence-electron chi connectivity index (χ1n) is 12.0. The number of hydrogen-bond acceptors (Lipinski definition) is 9. The molecule has 1 aromatic heterocycles. The summed E-state index contributed by atoms with van der Waals surface area (Å²) in [4.78, 5) is 30.3. The van der Waals surface area contributed by atoms with Gasteiger partial charge in [0.15, 0.2) is 17.1 Å². The molecule has 0 unspecified atom stereocenters. The molecule has 0 radical (unpaired) electrons. The van der Waals surface area contributed by atoms with Crippen molar-refractivity contribution in [2.24, 2.45) is 4.99 Å². The van der Waals surface area contributed by atoms with Crippen LogP contribution in [0.4, 0.5) is 17.1 Å². The summed E-state index contributed by atoms with van der Waals surface area (Å²) in [6.45, 7) is 3.94. The minimum absolute atomic E-state index is 0.155. The van der Waals surface area contributed by atoms with Crippen LogP contribution in [-0.2, 0) is 0 Å². The molecule has 40 heavy (non-hydrogen) atoms. The first-order valence-corrected chi connectivity index (χ1v) is 12.0. The monoisotopic (exact) mass is 538 g/mol. The highest BCUT2D eigenvalue weighted by molar-refractivity contribution is 5.84. The molecule has 1 heterocycles. The largest absolute Gasteiger partial charge is 0.493 e. The van der Waals surface area contributed by atoms with Crippen LogP contribution in [0, 0.1) is 34.1 Å². The first-order chi connectivity index (χ1) is 19.2. The number of ether oxygens (including phenoxy) is 2. The lowest BCUT2D eigenvalue weighted by Crippen LogP contribution is -1.97. The Morgan fingerprint density at radius 2 is 1.68 bits per heavy atom. The van der Waals surface area contributed by atoms with Gasteiger partial charge in [0, 0.05) is 17.8 Å². The highest BCUT2D eigenvalue weighted by Gasteiger charge is 2.22. The lowest BCUT2D eigenvalue weighted by atomic mass is 10.1. The van der Waals surface area contributed by atoms with E-state index in [-0.39, 0.29) is 11.5 Å². The predicted octanol–water partition coefficient (Wildman–Crippen LogP) is 7.48. The summed E-state index contributed by atoms with van der Waals surface area (Å²) in [5.74, 6) is 0.836. The molecule has 11 heteroatoms. The van der Waals surface area contributed by atoms with Gasteiger partial charge >= 0.3 is 5.69 Å². The Morgan fingerprint density at radius 3 is 2.42 bits per heavy atom. The summed E-state index contributed by atoms with van der Waals surface area (Å²) in [7, 11) is 1.43. The maximum atomic E-state index is 11.5. The highest BCUT2D eigenvalue weighted by Crippen LogP contribution is 2.38. The lowest BCUT2D eigenvalue weighted by molar-refractivity contribution is -0.394. The van der Waals surface area contributed by atoms with Crippen LogP contribution < -0.4 is 9.47 Å². The van der Waals surface area contributed by atoms with E-state index in [9.17, 15) is 20.2 Å². The third-order valence-electron chi connectivity index (χ3n) is 6.11. The zero-order chi connectivity index (χ0) is 28.4. The molecule has 0 N–H and O–H groups in total. The standard InChI is InChI=1S/C29H22N4O7/c1-17-4-9-25-23(12-17)31-29(40-25)20-7-5-18(2)22(14-20)30-16-19-6-10-27(28(13-19)38-3)39-26-11-8-21(32(34)35)15-24(26)33(36)37/h4-16H,1-3H3. The molecule has 5 rings (SSSR count). The van der Waals surface area contributed by atoms with Crippen LogP contribution in [-0.4, -0.2) is 28.2 Å². The number of benzene rings is 4. The van der Waals surface area contributed by atoms with Gasteiger partial charge in [-0.3, -0.25) is 25.2 Å². The van der Waals surface area contributed by atoms with Crippen LogP contribution in [0.3, 0.4) is 0 Å². The molecular formula is C29H22N4O7. The van der Waals surface area contributed by atoms with E-state index in [0.29, 0.717) is 22.8 Å². The Labute approximate surface area is 227 Å². The molecule has 0 aliphatic rings. The van der Waals surface area contributed by atoms with Gasteiger partial charge in [0.1, 0.15) is 5.52 Å². The van der Waals surface area contributed by atoms with Crippen molar-refractivity contribution in [3.8, 4) is 28.7 Å². The van der Waals surface area contributed by atoms with Gasteiger partial charge in [-0.25, -0.2) is 4.98 Å². The number of nitrogens with zero attached hydrogens (tertiary/aromatic N) is 4. The van der Waals surface area contributed by atoms with E-state index in [0.717, 1.165) is 40.0 Å². The number of nitro groups is 2. The van der Waals surface area contributed by atoms with Gasteiger partial charge < -0.3 is 13.9 Å². The summed E-state index contributed by atoms with van der Waals surface area (Å²) < 4.78 is 17.1. The number of nitro benzene ring substituents is 2. The maximum absolute atomic E-state index is 11.5. The topological polar surface area (TPSA) is 143 Å². The number of aliphatic imine (C=N–C) groups is 1. The fourth-order valence-electron chi connectivity index (χ4n) is 4.00. The number of aryl methyl sites for hydroxylation is 2. The van der Waals surface area contributed by atoms with Crippen molar-refractivity contribution in [1.29, 1.82) is 0 Å². The summed E-state index contributed by atoms with van der Waals surface area (Å²) in [6.07, 6.45) is 1.65. The molecule has 0 amide bonds. The van der Waals surface area contributed by atoms with Crippen molar-refractivity contribution < 1.29 is 23.7 Å². The molecule has 5 aromatic rings. The number of fused-ring (bicyclic) bond motifs is 1. The van der Waals surface area contributed by atoms with Gasteiger partial charge in [0.05, 0.1) is 28.7 Å². The van der Waals surface area contributed by atoms with Crippen molar-refractivity contribution in [2.45, 2.75) is 13.8 Å². The average Bonchev–Trinajstić information content (AvgIpc) is 3.36. The minimum atomic E-state index is -0.742. The molecular weight excluding hydrogens is 516 g/mol. The van der Waals surface area contributed by atoms with E-state index in [4.69, 9.17) is 13.9 Å². The number of hydrogen-bond donors (Lipinski definition) is 0. The molecule has 0 atom stereocenters. The van der Waals surface area contributed by atoms with Crippen LogP contribution in [0.5, 0.6) is 17.2 Å². The van der Waals surface area contributed by atoms with Crippen LogP contribution >= 0.6 is 0 Å². The maximum Gasteiger partial charge on any atom is 0.318 e. The summed E-state index contributed by atoms with van der Waals surface area (Å²) in [6, 6.07) is 19.7. The van der Waals surface area contributed by atoms with Gasteiger partial charge in [-0.1, -0.05) is 12.1 Å². The molecule has 0 spiro atoms. The Kier molecular flexibility index (Phi) is 6.94. The van der Waals surface area contributed by atoms with Crippen LogP contribution in [0.15, 0.2) is 82.2 Å². The van der Waals surface area contributed by atoms with Gasteiger partial charge in [-0.15, -0.1) is 0 Å². The molecule has 0 saturated carbocycles.